The van der Waals surface area contributed by atoms with Gasteiger partial charge in [0.15, 0.2) is 6.61 Å². The number of amides is 1. The molecule has 11 heteroatoms. The van der Waals surface area contributed by atoms with E-state index < -0.39 is 18.7 Å². The Hall–Kier alpha value is -2.95. The van der Waals surface area contributed by atoms with Gasteiger partial charge in [-0.3, -0.25) is 9.78 Å². The lowest BCUT2D eigenvalue weighted by Gasteiger charge is -2.34. The number of likely N-dealkylation sites (N-methyl/N-ethyl adjacent to an activating group) is 1. The molecular weight excluding hydrogens is 389 g/mol. The number of rotatable bonds is 6. The summed E-state index contributed by atoms with van der Waals surface area (Å²) >= 11 is 0. The lowest BCUT2D eigenvalue weighted by Crippen LogP contribution is -2.45. The fraction of sp³-hybridized carbons (Fsp3) is 0.444. The smallest absolute Gasteiger partial charge is 0.422 e. The molecule has 0 atom stereocenters. The SMILES string of the molecule is CN1CCN(c2nc(OCC(F)(F)F)ccc2CNC(=O)c2cnccn2)CC1. The van der Waals surface area contributed by atoms with E-state index in [0.29, 0.717) is 24.5 Å². The van der Waals surface area contributed by atoms with Gasteiger partial charge in [0.05, 0.1) is 6.20 Å². The molecule has 2 aromatic rings. The number of nitrogens with zero attached hydrogens (tertiary/aromatic N) is 5. The number of alkyl halides is 3. The monoisotopic (exact) mass is 410 g/mol. The molecule has 0 radical (unpaired) electrons. The van der Waals surface area contributed by atoms with Crippen molar-refractivity contribution in [1.82, 2.24) is 25.2 Å². The molecule has 1 fully saturated rings. The Balaban J connectivity index is 1.76. The van der Waals surface area contributed by atoms with Crippen LogP contribution in [0.5, 0.6) is 5.88 Å². The third kappa shape index (κ3) is 6.01. The minimum Gasteiger partial charge on any atom is -0.468 e. The van der Waals surface area contributed by atoms with E-state index >= 15 is 0 Å². The topological polar surface area (TPSA) is 83.5 Å². The van der Waals surface area contributed by atoms with Crippen LogP contribution in [0.25, 0.3) is 0 Å². The number of piperazine rings is 1. The van der Waals surface area contributed by atoms with Crippen LogP contribution >= 0.6 is 0 Å². The van der Waals surface area contributed by atoms with Crippen LogP contribution in [0.1, 0.15) is 16.1 Å². The van der Waals surface area contributed by atoms with Crippen LogP contribution in [0.4, 0.5) is 19.0 Å². The predicted molar refractivity (Wildman–Crippen MR) is 98.7 cm³/mol. The highest BCUT2D eigenvalue weighted by Crippen LogP contribution is 2.24. The van der Waals surface area contributed by atoms with E-state index in [9.17, 15) is 18.0 Å². The standard InChI is InChI=1S/C18H21F3N6O2/c1-26-6-8-27(9-7-26)16-13(2-3-15(25-16)29-12-18(19,20)21)10-24-17(28)14-11-22-4-5-23-14/h2-5,11H,6-10,12H2,1H3,(H,24,28). The Morgan fingerprint density at radius 1 is 1.21 bits per heavy atom. The van der Waals surface area contributed by atoms with E-state index in [1.165, 1.54) is 24.7 Å². The van der Waals surface area contributed by atoms with Crippen molar-refractivity contribution in [3.05, 3.63) is 42.0 Å². The van der Waals surface area contributed by atoms with Crippen molar-refractivity contribution < 1.29 is 22.7 Å². The van der Waals surface area contributed by atoms with Gasteiger partial charge in [-0.05, 0) is 13.1 Å². The van der Waals surface area contributed by atoms with Crippen LogP contribution in [0.15, 0.2) is 30.7 Å². The van der Waals surface area contributed by atoms with Gasteiger partial charge in [-0.15, -0.1) is 0 Å². The van der Waals surface area contributed by atoms with Crippen LogP contribution in [-0.4, -0.2) is 71.8 Å². The highest BCUT2D eigenvalue weighted by Gasteiger charge is 2.29. The third-order valence-electron chi connectivity index (χ3n) is 4.35. The van der Waals surface area contributed by atoms with Gasteiger partial charge in [-0.25, -0.2) is 4.98 Å². The first-order chi connectivity index (χ1) is 13.8. The number of halogens is 3. The Morgan fingerprint density at radius 3 is 2.62 bits per heavy atom. The fourth-order valence-corrected chi connectivity index (χ4v) is 2.81. The Labute approximate surface area is 165 Å². The van der Waals surface area contributed by atoms with Gasteiger partial charge in [0.25, 0.3) is 5.91 Å². The molecule has 1 saturated heterocycles. The predicted octanol–water partition coefficient (Wildman–Crippen LogP) is 1.49. The maximum Gasteiger partial charge on any atom is 0.422 e. The number of aromatic nitrogens is 3. The van der Waals surface area contributed by atoms with Gasteiger partial charge >= 0.3 is 6.18 Å². The van der Waals surface area contributed by atoms with E-state index in [-0.39, 0.29) is 18.1 Å². The summed E-state index contributed by atoms with van der Waals surface area (Å²) in [6, 6.07) is 2.98. The van der Waals surface area contributed by atoms with Crippen molar-refractivity contribution in [2.24, 2.45) is 0 Å². The molecule has 3 rings (SSSR count). The molecule has 0 spiro atoms. The largest absolute Gasteiger partial charge is 0.468 e. The van der Waals surface area contributed by atoms with Crippen molar-refractivity contribution in [3.8, 4) is 5.88 Å². The molecule has 0 bridgehead atoms. The van der Waals surface area contributed by atoms with Crippen molar-refractivity contribution in [3.63, 3.8) is 0 Å². The molecule has 0 unspecified atom stereocenters. The van der Waals surface area contributed by atoms with Crippen molar-refractivity contribution in [2.75, 3.05) is 44.7 Å². The second-order valence-corrected chi connectivity index (χ2v) is 6.60. The summed E-state index contributed by atoms with van der Waals surface area (Å²) < 4.78 is 42.2. The first kappa shape index (κ1) is 20.8. The molecule has 156 valence electrons. The molecule has 3 heterocycles. The van der Waals surface area contributed by atoms with E-state index in [2.05, 4.69) is 25.2 Å². The van der Waals surface area contributed by atoms with Crippen LogP contribution in [0.3, 0.4) is 0 Å². The first-order valence-corrected chi connectivity index (χ1v) is 8.99. The minimum absolute atomic E-state index is 0.111. The zero-order valence-electron chi connectivity index (χ0n) is 15.8. The van der Waals surface area contributed by atoms with Crippen LogP contribution in [0, 0.1) is 0 Å². The lowest BCUT2D eigenvalue weighted by molar-refractivity contribution is -0.154. The second-order valence-electron chi connectivity index (χ2n) is 6.60. The molecule has 29 heavy (non-hydrogen) atoms. The molecule has 1 aliphatic rings. The van der Waals surface area contributed by atoms with Gasteiger partial charge in [0.2, 0.25) is 5.88 Å². The quantitative estimate of drug-likeness (QED) is 0.773. The summed E-state index contributed by atoms with van der Waals surface area (Å²) in [5.74, 6) is -0.0164. The van der Waals surface area contributed by atoms with Crippen LogP contribution in [-0.2, 0) is 6.54 Å². The zero-order valence-corrected chi connectivity index (χ0v) is 15.8. The molecule has 1 amide bonds. The maximum absolute atomic E-state index is 12.5. The summed E-state index contributed by atoms with van der Waals surface area (Å²) in [4.78, 5) is 28.4. The summed E-state index contributed by atoms with van der Waals surface area (Å²) in [6.07, 6.45) is -0.215. The number of ether oxygens (including phenoxy) is 1. The summed E-state index contributed by atoms with van der Waals surface area (Å²) in [5, 5.41) is 2.74. The van der Waals surface area contributed by atoms with Crippen molar-refractivity contribution in [2.45, 2.75) is 12.7 Å². The van der Waals surface area contributed by atoms with E-state index in [4.69, 9.17) is 4.74 Å². The molecule has 1 N–H and O–H groups in total. The first-order valence-electron chi connectivity index (χ1n) is 8.99. The minimum atomic E-state index is -4.45. The summed E-state index contributed by atoms with van der Waals surface area (Å²) in [6.45, 7) is 1.64. The van der Waals surface area contributed by atoms with Gasteiger partial charge in [0.1, 0.15) is 11.5 Å². The van der Waals surface area contributed by atoms with Crippen molar-refractivity contribution in [1.29, 1.82) is 0 Å². The fourth-order valence-electron chi connectivity index (χ4n) is 2.81. The number of nitrogens with one attached hydrogen (secondary N) is 1. The number of carbonyl (C=O) groups excluding carboxylic acids is 1. The molecular formula is C18H21F3N6O2. The third-order valence-corrected chi connectivity index (χ3v) is 4.35. The molecule has 0 saturated carbocycles. The van der Waals surface area contributed by atoms with Gasteiger partial charge in [-0.1, -0.05) is 0 Å². The number of hydrogen-bond acceptors (Lipinski definition) is 7. The summed E-state index contributed by atoms with van der Waals surface area (Å²) in [5.41, 5.74) is 0.845. The van der Waals surface area contributed by atoms with E-state index in [1.807, 2.05) is 11.9 Å². The van der Waals surface area contributed by atoms with Gasteiger partial charge < -0.3 is 19.9 Å². The zero-order chi connectivity index (χ0) is 20.9. The maximum atomic E-state index is 12.5. The van der Waals surface area contributed by atoms with E-state index in [1.54, 1.807) is 6.07 Å². The second kappa shape index (κ2) is 9.03. The highest BCUT2D eigenvalue weighted by atomic mass is 19.4. The molecule has 0 aromatic carbocycles. The highest BCUT2D eigenvalue weighted by molar-refractivity contribution is 5.91. The molecule has 2 aromatic heterocycles. The van der Waals surface area contributed by atoms with Gasteiger partial charge in [-0.2, -0.15) is 18.2 Å². The average Bonchev–Trinajstić information content (AvgIpc) is 2.71. The lowest BCUT2D eigenvalue weighted by atomic mass is 10.2. The normalized spacial score (nSPS) is 15.2. The van der Waals surface area contributed by atoms with Gasteiger partial charge in [0, 0.05) is 56.7 Å². The Morgan fingerprint density at radius 2 is 1.97 bits per heavy atom. The molecule has 8 nitrogen and oxygen atoms in total. The van der Waals surface area contributed by atoms with Crippen LogP contribution < -0.4 is 15.0 Å². The number of carbonyl (C=O) groups is 1. The number of hydrogen-bond donors (Lipinski definition) is 1. The Kier molecular flexibility index (Phi) is 6.47. The molecule has 1 aliphatic heterocycles. The molecule has 0 aliphatic carbocycles. The summed E-state index contributed by atoms with van der Waals surface area (Å²) in [7, 11) is 2.00. The average molecular weight is 410 g/mol. The number of anilines is 1. The van der Waals surface area contributed by atoms with E-state index in [0.717, 1.165) is 13.1 Å². The van der Waals surface area contributed by atoms with Crippen LogP contribution in [0.2, 0.25) is 0 Å². The number of pyridine rings is 1. The Bertz CT molecular complexity index is 826. The van der Waals surface area contributed by atoms with Crippen molar-refractivity contribution >= 4 is 11.7 Å².